The van der Waals surface area contributed by atoms with Crippen LogP contribution in [0.15, 0.2) is 0 Å². The Bertz CT molecular complexity index is 422. The summed E-state index contributed by atoms with van der Waals surface area (Å²) < 4.78 is 0. The first-order valence-electron chi connectivity index (χ1n) is 6.80. The molecule has 20 heavy (non-hydrogen) atoms. The minimum Gasteiger partial charge on any atom is -0.383 e. The summed E-state index contributed by atoms with van der Waals surface area (Å²) in [5.41, 5.74) is -0.572. The van der Waals surface area contributed by atoms with Gasteiger partial charge in [-0.05, 0) is 18.3 Å². The number of carbonyl (C=O) groups excluding carboxylic acids is 2. The number of aliphatic hydroxyl groups is 1. The van der Waals surface area contributed by atoms with Gasteiger partial charge in [-0.3, -0.25) is 9.59 Å². The van der Waals surface area contributed by atoms with Crippen LogP contribution in [-0.4, -0.2) is 59.0 Å². The lowest BCUT2D eigenvalue weighted by Gasteiger charge is -2.30. The number of nitrogens with zero attached hydrogens (tertiary/aromatic N) is 3. The van der Waals surface area contributed by atoms with Crippen molar-refractivity contribution >= 4 is 11.8 Å². The minimum absolute atomic E-state index is 0.107. The Morgan fingerprint density at radius 3 is 2.60 bits per heavy atom. The fraction of sp³-hybridized carbons (Fsp3) is 0.786. The van der Waals surface area contributed by atoms with Gasteiger partial charge >= 0.3 is 0 Å². The summed E-state index contributed by atoms with van der Waals surface area (Å²) in [6.07, 6.45) is 0.349. The highest BCUT2D eigenvalue weighted by Gasteiger charge is 2.34. The Morgan fingerprint density at radius 1 is 1.50 bits per heavy atom. The van der Waals surface area contributed by atoms with E-state index in [1.807, 2.05) is 0 Å². The third-order valence-electron chi connectivity index (χ3n) is 3.53. The number of likely N-dealkylation sites (N-methyl/N-ethyl adjacent to an activating group) is 1. The van der Waals surface area contributed by atoms with Gasteiger partial charge in [-0.2, -0.15) is 5.26 Å². The van der Waals surface area contributed by atoms with Crippen LogP contribution in [0.3, 0.4) is 0 Å². The summed E-state index contributed by atoms with van der Waals surface area (Å²) in [7, 11) is 1.49. The lowest BCUT2D eigenvalue weighted by Crippen LogP contribution is -2.48. The van der Waals surface area contributed by atoms with E-state index in [1.54, 1.807) is 20.8 Å². The van der Waals surface area contributed by atoms with Gasteiger partial charge in [-0.1, -0.05) is 20.8 Å². The SMILES string of the molecule is CN(CC(=O)N1CCCC1C#N)C(=O)C(O)C(C)(C)C. The molecule has 0 aromatic rings. The molecular weight excluding hydrogens is 258 g/mol. The smallest absolute Gasteiger partial charge is 0.252 e. The molecule has 1 heterocycles. The molecule has 6 heteroatoms. The molecular formula is C14H23N3O3. The molecule has 2 amide bonds. The van der Waals surface area contributed by atoms with Gasteiger partial charge in [0.25, 0.3) is 5.91 Å². The highest BCUT2D eigenvalue weighted by molar-refractivity contribution is 5.87. The minimum atomic E-state index is -1.15. The average molecular weight is 281 g/mol. The molecule has 1 aliphatic rings. The molecule has 1 N–H and O–H groups in total. The van der Waals surface area contributed by atoms with Gasteiger partial charge in [-0.15, -0.1) is 0 Å². The van der Waals surface area contributed by atoms with E-state index in [0.29, 0.717) is 13.0 Å². The van der Waals surface area contributed by atoms with E-state index >= 15 is 0 Å². The zero-order valence-corrected chi connectivity index (χ0v) is 12.6. The highest BCUT2D eigenvalue weighted by Crippen LogP contribution is 2.21. The van der Waals surface area contributed by atoms with Crippen molar-refractivity contribution in [2.24, 2.45) is 5.41 Å². The fourth-order valence-electron chi connectivity index (χ4n) is 2.15. The third kappa shape index (κ3) is 3.70. The summed E-state index contributed by atoms with van der Waals surface area (Å²) in [6.45, 7) is 5.73. The van der Waals surface area contributed by atoms with Crippen LogP contribution in [0.5, 0.6) is 0 Å². The number of rotatable bonds is 3. The number of likely N-dealkylation sites (tertiary alicyclic amines) is 1. The fourth-order valence-corrected chi connectivity index (χ4v) is 2.15. The van der Waals surface area contributed by atoms with Crippen molar-refractivity contribution in [3.8, 4) is 6.07 Å². The van der Waals surface area contributed by atoms with Gasteiger partial charge < -0.3 is 14.9 Å². The Morgan fingerprint density at radius 2 is 2.10 bits per heavy atom. The molecule has 1 fully saturated rings. The van der Waals surface area contributed by atoms with E-state index in [2.05, 4.69) is 6.07 Å². The molecule has 2 atom stereocenters. The van der Waals surface area contributed by atoms with E-state index < -0.39 is 23.5 Å². The summed E-state index contributed by atoms with van der Waals surface area (Å²) in [4.78, 5) is 26.9. The maximum Gasteiger partial charge on any atom is 0.252 e. The number of hydrogen-bond donors (Lipinski definition) is 1. The quantitative estimate of drug-likeness (QED) is 0.809. The molecule has 0 spiro atoms. The zero-order chi connectivity index (χ0) is 15.5. The maximum atomic E-state index is 12.1. The van der Waals surface area contributed by atoms with E-state index in [4.69, 9.17) is 5.26 Å². The van der Waals surface area contributed by atoms with Crippen molar-refractivity contribution in [1.29, 1.82) is 5.26 Å². The highest BCUT2D eigenvalue weighted by atomic mass is 16.3. The Hall–Kier alpha value is -1.61. The number of nitriles is 1. The monoisotopic (exact) mass is 281 g/mol. The predicted molar refractivity (Wildman–Crippen MR) is 73.4 cm³/mol. The molecule has 0 aromatic carbocycles. The normalized spacial score (nSPS) is 20.4. The van der Waals surface area contributed by atoms with E-state index in [9.17, 15) is 14.7 Å². The second kappa shape index (κ2) is 6.23. The predicted octanol–water partition coefficient (Wildman–Crippen LogP) is 0.366. The first-order chi connectivity index (χ1) is 9.18. The van der Waals surface area contributed by atoms with Crippen LogP contribution in [0.25, 0.3) is 0 Å². The van der Waals surface area contributed by atoms with Gasteiger partial charge in [0, 0.05) is 13.6 Å². The Balaban J connectivity index is 2.62. The maximum absolute atomic E-state index is 12.1. The van der Waals surface area contributed by atoms with Crippen LogP contribution in [-0.2, 0) is 9.59 Å². The number of aliphatic hydroxyl groups excluding tert-OH is 1. The van der Waals surface area contributed by atoms with Crippen LogP contribution < -0.4 is 0 Å². The van der Waals surface area contributed by atoms with Crippen molar-refractivity contribution in [1.82, 2.24) is 9.80 Å². The Labute approximate surface area is 120 Å². The first kappa shape index (κ1) is 16.4. The molecule has 0 radical (unpaired) electrons. The molecule has 0 bridgehead atoms. The third-order valence-corrected chi connectivity index (χ3v) is 3.53. The van der Waals surface area contributed by atoms with Gasteiger partial charge in [0.2, 0.25) is 5.91 Å². The molecule has 6 nitrogen and oxygen atoms in total. The van der Waals surface area contributed by atoms with Crippen LogP contribution in [0, 0.1) is 16.7 Å². The number of amides is 2. The topological polar surface area (TPSA) is 84.6 Å². The second-order valence-electron chi connectivity index (χ2n) is 6.34. The van der Waals surface area contributed by atoms with Crippen LogP contribution in [0.1, 0.15) is 33.6 Å². The van der Waals surface area contributed by atoms with Gasteiger partial charge in [0.1, 0.15) is 12.1 Å². The molecule has 0 aromatic heterocycles. The molecule has 1 aliphatic heterocycles. The van der Waals surface area contributed by atoms with Crippen molar-refractivity contribution in [3.05, 3.63) is 0 Å². The Kier molecular flexibility index (Phi) is 5.12. The lowest BCUT2D eigenvalue weighted by molar-refractivity contribution is -0.148. The number of hydrogen-bond acceptors (Lipinski definition) is 4. The number of carbonyl (C=O) groups is 2. The van der Waals surface area contributed by atoms with Crippen molar-refractivity contribution < 1.29 is 14.7 Å². The van der Waals surface area contributed by atoms with E-state index in [-0.39, 0.29) is 12.5 Å². The lowest BCUT2D eigenvalue weighted by atomic mass is 9.88. The molecule has 1 saturated heterocycles. The standard InChI is InChI=1S/C14H23N3O3/c1-14(2,3)12(19)13(20)16(4)9-11(18)17-7-5-6-10(17)8-15/h10,12,19H,5-7,9H2,1-4H3. The zero-order valence-electron chi connectivity index (χ0n) is 12.6. The van der Waals surface area contributed by atoms with Crippen molar-refractivity contribution in [3.63, 3.8) is 0 Å². The first-order valence-corrected chi connectivity index (χ1v) is 6.80. The van der Waals surface area contributed by atoms with Crippen LogP contribution in [0.4, 0.5) is 0 Å². The van der Waals surface area contributed by atoms with E-state index in [0.717, 1.165) is 6.42 Å². The van der Waals surface area contributed by atoms with Gasteiger partial charge in [0.05, 0.1) is 12.6 Å². The van der Waals surface area contributed by atoms with Crippen molar-refractivity contribution in [2.45, 2.75) is 45.8 Å². The van der Waals surface area contributed by atoms with E-state index in [1.165, 1.54) is 16.8 Å². The molecule has 0 saturated carbocycles. The molecule has 0 aliphatic carbocycles. The summed E-state index contributed by atoms with van der Waals surface area (Å²) in [6, 6.07) is 1.71. The molecule has 1 rings (SSSR count). The largest absolute Gasteiger partial charge is 0.383 e. The van der Waals surface area contributed by atoms with Gasteiger partial charge in [0.15, 0.2) is 0 Å². The van der Waals surface area contributed by atoms with Crippen molar-refractivity contribution in [2.75, 3.05) is 20.1 Å². The van der Waals surface area contributed by atoms with Gasteiger partial charge in [-0.25, -0.2) is 0 Å². The summed E-state index contributed by atoms with van der Waals surface area (Å²) in [5.74, 6) is -0.718. The summed E-state index contributed by atoms with van der Waals surface area (Å²) >= 11 is 0. The average Bonchev–Trinajstić information content (AvgIpc) is 2.83. The summed E-state index contributed by atoms with van der Waals surface area (Å²) in [5, 5.41) is 18.9. The second-order valence-corrected chi connectivity index (χ2v) is 6.34. The molecule has 2 unspecified atom stereocenters. The molecule has 112 valence electrons. The van der Waals surface area contributed by atoms with Crippen LogP contribution >= 0.6 is 0 Å². The van der Waals surface area contributed by atoms with Crippen LogP contribution in [0.2, 0.25) is 0 Å².